The quantitative estimate of drug-likeness (QED) is 0.648. The molecule has 1 N–H and O–H groups in total. The van der Waals surface area contributed by atoms with Gasteiger partial charge in [-0.1, -0.05) is 36.4 Å². The Labute approximate surface area is 165 Å². The Bertz CT molecular complexity index is 915. The first kappa shape index (κ1) is 19.4. The molecule has 0 saturated carbocycles. The van der Waals surface area contributed by atoms with Crippen molar-refractivity contribution in [3.8, 4) is 5.75 Å². The van der Waals surface area contributed by atoms with Crippen LogP contribution in [0, 0.1) is 0 Å². The van der Waals surface area contributed by atoms with Gasteiger partial charge in [0, 0.05) is 24.8 Å². The van der Waals surface area contributed by atoms with Crippen LogP contribution in [-0.2, 0) is 6.42 Å². The molecule has 0 spiro atoms. The zero-order valence-electron chi connectivity index (χ0n) is 16.1. The number of amides is 1. The Hall–Kier alpha value is -3.41. The largest absolute Gasteiger partial charge is 0.496 e. The predicted molar refractivity (Wildman–Crippen MR) is 111 cm³/mol. The van der Waals surface area contributed by atoms with Crippen LogP contribution in [-0.4, -0.2) is 36.1 Å². The maximum atomic E-state index is 12.9. The van der Waals surface area contributed by atoms with E-state index in [1.54, 1.807) is 18.1 Å². The van der Waals surface area contributed by atoms with Gasteiger partial charge in [-0.3, -0.25) is 4.79 Å². The van der Waals surface area contributed by atoms with Crippen LogP contribution < -0.4 is 15.0 Å². The average molecular weight is 376 g/mol. The summed E-state index contributed by atoms with van der Waals surface area (Å²) in [5.41, 5.74) is 2.32. The Balaban J connectivity index is 1.67. The first-order chi connectivity index (χ1) is 13.7. The van der Waals surface area contributed by atoms with Crippen LogP contribution in [0.1, 0.15) is 23.0 Å². The number of hydrogen-bond donors (Lipinski definition) is 1. The lowest BCUT2D eigenvalue weighted by Gasteiger charge is -2.20. The molecule has 3 aromatic rings. The number of aromatic nitrogens is 2. The maximum Gasteiger partial charge on any atom is 0.277 e. The molecule has 2 aromatic carbocycles. The lowest BCUT2D eigenvalue weighted by Crippen LogP contribution is -2.31. The second kappa shape index (κ2) is 9.50. The summed E-state index contributed by atoms with van der Waals surface area (Å²) in [5, 5.41) is 3.26. The van der Waals surface area contributed by atoms with E-state index in [2.05, 4.69) is 15.3 Å². The SMILES string of the molecule is CCN(C(=O)c1cc(NCCc2ccccc2OC)ncn1)c1ccccc1. The van der Waals surface area contributed by atoms with E-state index in [-0.39, 0.29) is 5.91 Å². The van der Waals surface area contributed by atoms with Gasteiger partial charge < -0.3 is 15.0 Å². The summed E-state index contributed by atoms with van der Waals surface area (Å²) in [5.74, 6) is 1.34. The summed E-state index contributed by atoms with van der Waals surface area (Å²) in [4.78, 5) is 23.0. The van der Waals surface area contributed by atoms with Crippen molar-refractivity contribution in [1.82, 2.24) is 9.97 Å². The Morgan fingerprint density at radius 3 is 2.57 bits per heavy atom. The molecule has 0 aliphatic rings. The Morgan fingerprint density at radius 2 is 1.82 bits per heavy atom. The average Bonchev–Trinajstić information content (AvgIpc) is 2.75. The highest BCUT2D eigenvalue weighted by Crippen LogP contribution is 2.19. The van der Waals surface area contributed by atoms with Crippen molar-refractivity contribution >= 4 is 17.4 Å². The van der Waals surface area contributed by atoms with Crippen molar-refractivity contribution < 1.29 is 9.53 Å². The number of benzene rings is 2. The Morgan fingerprint density at radius 1 is 1.07 bits per heavy atom. The fraction of sp³-hybridized carbons (Fsp3) is 0.227. The minimum atomic E-state index is -0.149. The fourth-order valence-electron chi connectivity index (χ4n) is 3.00. The number of nitrogens with one attached hydrogen (secondary N) is 1. The van der Waals surface area contributed by atoms with Crippen LogP contribution in [0.3, 0.4) is 0 Å². The normalized spacial score (nSPS) is 10.4. The molecule has 1 heterocycles. The summed E-state index contributed by atoms with van der Waals surface area (Å²) < 4.78 is 5.38. The number of hydrogen-bond acceptors (Lipinski definition) is 5. The molecule has 28 heavy (non-hydrogen) atoms. The molecule has 0 aliphatic heterocycles. The van der Waals surface area contributed by atoms with Gasteiger partial charge in [0.25, 0.3) is 5.91 Å². The molecule has 1 aromatic heterocycles. The molecule has 0 radical (unpaired) electrons. The van der Waals surface area contributed by atoms with Crippen LogP contribution in [0.25, 0.3) is 0 Å². The summed E-state index contributed by atoms with van der Waals surface area (Å²) in [6.07, 6.45) is 2.19. The van der Waals surface area contributed by atoms with E-state index in [9.17, 15) is 4.79 Å². The van der Waals surface area contributed by atoms with Crippen molar-refractivity contribution in [3.05, 3.63) is 78.2 Å². The van der Waals surface area contributed by atoms with Crippen molar-refractivity contribution in [3.63, 3.8) is 0 Å². The molecular weight excluding hydrogens is 352 g/mol. The second-order valence-corrected chi connectivity index (χ2v) is 6.16. The first-order valence-electron chi connectivity index (χ1n) is 9.27. The van der Waals surface area contributed by atoms with E-state index >= 15 is 0 Å². The molecule has 0 saturated heterocycles. The van der Waals surface area contributed by atoms with Gasteiger partial charge in [0.05, 0.1) is 7.11 Å². The number of carbonyl (C=O) groups excluding carboxylic acids is 1. The molecule has 0 atom stereocenters. The minimum absolute atomic E-state index is 0.149. The highest BCUT2D eigenvalue weighted by atomic mass is 16.5. The number of para-hydroxylation sites is 2. The van der Waals surface area contributed by atoms with E-state index in [0.29, 0.717) is 24.6 Å². The second-order valence-electron chi connectivity index (χ2n) is 6.16. The zero-order valence-corrected chi connectivity index (χ0v) is 16.1. The summed E-state index contributed by atoms with van der Waals surface area (Å²) in [7, 11) is 1.67. The predicted octanol–water partition coefficient (Wildman–Crippen LogP) is 3.81. The number of nitrogens with zero attached hydrogens (tertiary/aromatic N) is 3. The van der Waals surface area contributed by atoms with Gasteiger partial charge in [-0.25, -0.2) is 9.97 Å². The monoisotopic (exact) mass is 376 g/mol. The van der Waals surface area contributed by atoms with Crippen molar-refractivity contribution in [2.45, 2.75) is 13.3 Å². The lowest BCUT2D eigenvalue weighted by molar-refractivity contribution is 0.0983. The fourth-order valence-corrected chi connectivity index (χ4v) is 3.00. The van der Waals surface area contributed by atoms with Gasteiger partial charge >= 0.3 is 0 Å². The van der Waals surface area contributed by atoms with Gasteiger partial charge in [-0.05, 0) is 37.1 Å². The molecule has 0 unspecified atom stereocenters. The van der Waals surface area contributed by atoms with Gasteiger partial charge in [-0.2, -0.15) is 0 Å². The summed E-state index contributed by atoms with van der Waals surface area (Å²) in [6, 6.07) is 19.2. The zero-order chi connectivity index (χ0) is 19.8. The van der Waals surface area contributed by atoms with E-state index in [1.165, 1.54) is 6.33 Å². The number of ether oxygens (including phenoxy) is 1. The third-order valence-corrected chi connectivity index (χ3v) is 4.41. The third kappa shape index (κ3) is 4.65. The van der Waals surface area contributed by atoms with Gasteiger partial charge in [0.1, 0.15) is 23.6 Å². The number of carbonyl (C=O) groups is 1. The number of anilines is 2. The summed E-state index contributed by atoms with van der Waals surface area (Å²) in [6.45, 7) is 3.17. The van der Waals surface area contributed by atoms with Crippen molar-refractivity contribution in [2.75, 3.05) is 30.4 Å². The van der Waals surface area contributed by atoms with E-state index < -0.39 is 0 Å². The molecular formula is C22H24N4O2. The molecule has 1 amide bonds. The molecule has 0 aliphatic carbocycles. The molecule has 3 rings (SSSR count). The summed E-state index contributed by atoms with van der Waals surface area (Å²) >= 11 is 0. The molecule has 144 valence electrons. The van der Waals surface area contributed by atoms with Gasteiger partial charge in [-0.15, -0.1) is 0 Å². The standard InChI is InChI=1S/C22H24N4O2/c1-3-26(18-10-5-4-6-11-18)22(27)19-15-21(25-16-24-19)23-14-13-17-9-7-8-12-20(17)28-2/h4-12,15-16H,3,13-14H2,1-2H3,(H,23,24,25). The van der Waals surface area contributed by atoms with E-state index in [0.717, 1.165) is 23.4 Å². The van der Waals surface area contributed by atoms with Crippen LogP contribution in [0.5, 0.6) is 5.75 Å². The van der Waals surface area contributed by atoms with E-state index in [1.807, 2.05) is 61.5 Å². The van der Waals surface area contributed by atoms with Crippen molar-refractivity contribution in [2.24, 2.45) is 0 Å². The van der Waals surface area contributed by atoms with Crippen molar-refractivity contribution in [1.29, 1.82) is 0 Å². The molecule has 0 fully saturated rings. The lowest BCUT2D eigenvalue weighted by atomic mass is 10.1. The van der Waals surface area contributed by atoms with Crippen LogP contribution in [0.4, 0.5) is 11.5 Å². The molecule has 6 nitrogen and oxygen atoms in total. The van der Waals surface area contributed by atoms with Crippen LogP contribution in [0.2, 0.25) is 0 Å². The third-order valence-electron chi connectivity index (χ3n) is 4.41. The maximum absolute atomic E-state index is 12.9. The number of methoxy groups -OCH3 is 1. The topological polar surface area (TPSA) is 67.4 Å². The molecule has 6 heteroatoms. The Kier molecular flexibility index (Phi) is 6.57. The molecule has 0 bridgehead atoms. The van der Waals surface area contributed by atoms with Crippen LogP contribution >= 0.6 is 0 Å². The van der Waals surface area contributed by atoms with E-state index in [4.69, 9.17) is 4.74 Å². The highest BCUT2D eigenvalue weighted by Gasteiger charge is 2.17. The minimum Gasteiger partial charge on any atom is -0.496 e. The van der Waals surface area contributed by atoms with Gasteiger partial charge in [0.15, 0.2) is 0 Å². The first-order valence-corrected chi connectivity index (χ1v) is 9.27. The van der Waals surface area contributed by atoms with Crippen LogP contribution in [0.15, 0.2) is 67.0 Å². The smallest absolute Gasteiger partial charge is 0.277 e. The highest BCUT2D eigenvalue weighted by molar-refractivity contribution is 6.05. The van der Waals surface area contributed by atoms with Gasteiger partial charge in [0.2, 0.25) is 0 Å². The number of rotatable bonds is 8.